The average molecular weight is 382 g/mol. The number of halogens is 2. The molecule has 2 N–H and O–H groups in total. The summed E-state index contributed by atoms with van der Waals surface area (Å²) in [4.78, 5) is 24.2. The van der Waals surface area contributed by atoms with Gasteiger partial charge >= 0.3 is 5.97 Å². The number of rotatable bonds is 5. The zero-order valence-corrected chi connectivity index (χ0v) is 15.1. The normalized spacial score (nSPS) is 13.0. The number of amides is 1. The van der Waals surface area contributed by atoms with E-state index in [9.17, 15) is 14.7 Å². The fourth-order valence-corrected chi connectivity index (χ4v) is 2.71. The van der Waals surface area contributed by atoms with Crippen molar-refractivity contribution in [1.82, 2.24) is 5.32 Å². The number of carbonyl (C=O) groups excluding carboxylic acids is 2. The van der Waals surface area contributed by atoms with Gasteiger partial charge in [0.1, 0.15) is 5.75 Å². The molecule has 5 nitrogen and oxygen atoms in total. The first-order valence-electron chi connectivity index (χ1n) is 7.53. The molecule has 2 aromatic carbocycles. The van der Waals surface area contributed by atoms with E-state index in [1.165, 1.54) is 31.2 Å². The molecule has 0 heterocycles. The number of ether oxygens (including phenoxy) is 1. The van der Waals surface area contributed by atoms with Crippen LogP contribution in [0.5, 0.6) is 5.75 Å². The number of benzene rings is 2. The lowest BCUT2D eigenvalue weighted by molar-refractivity contribution is -0.129. The van der Waals surface area contributed by atoms with Crippen LogP contribution in [0.2, 0.25) is 10.0 Å². The van der Waals surface area contributed by atoms with Crippen LogP contribution in [0, 0.1) is 0 Å². The summed E-state index contributed by atoms with van der Waals surface area (Å²) in [5, 5.41) is 12.9. The molecule has 7 heteroatoms. The van der Waals surface area contributed by atoms with Crippen molar-refractivity contribution in [2.45, 2.75) is 26.0 Å². The van der Waals surface area contributed by atoms with Crippen molar-refractivity contribution in [2.24, 2.45) is 0 Å². The minimum absolute atomic E-state index is 0.0380. The molecule has 0 saturated carbocycles. The summed E-state index contributed by atoms with van der Waals surface area (Å²) in [6.07, 6.45) is -0.991. The Morgan fingerprint density at radius 3 is 2.32 bits per heavy atom. The monoisotopic (exact) mass is 381 g/mol. The van der Waals surface area contributed by atoms with Gasteiger partial charge in [0.2, 0.25) is 0 Å². The fraction of sp³-hybridized carbons (Fsp3) is 0.222. The van der Waals surface area contributed by atoms with Gasteiger partial charge in [-0.2, -0.15) is 0 Å². The summed E-state index contributed by atoms with van der Waals surface area (Å²) in [7, 11) is 0. The first kappa shape index (κ1) is 19.1. The van der Waals surface area contributed by atoms with Crippen molar-refractivity contribution in [3.05, 3.63) is 63.6 Å². The number of esters is 1. The first-order chi connectivity index (χ1) is 11.8. The zero-order chi connectivity index (χ0) is 18.6. The van der Waals surface area contributed by atoms with Gasteiger partial charge in [-0.3, -0.25) is 4.79 Å². The van der Waals surface area contributed by atoms with Gasteiger partial charge in [0.25, 0.3) is 5.91 Å². The lowest BCUT2D eigenvalue weighted by atomic mass is 10.1. The maximum Gasteiger partial charge on any atom is 0.338 e. The molecule has 2 aromatic rings. The molecule has 0 aliphatic rings. The molecule has 0 radical (unpaired) electrons. The molecule has 2 atom stereocenters. The molecule has 0 aliphatic heterocycles. The van der Waals surface area contributed by atoms with E-state index < -0.39 is 18.0 Å². The van der Waals surface area contributed by atoms with E-state index in [4.69, 9.17) is 27.9 Å². The summed E-state index contributed by atoms with van der Waals surface area (Å²) in [5.41, 5.74) is 0.947. The Morgan fingerprint density at radius 2 is 1.72 bits per heavy atom. The number of phenols is 1. The Morgan fingerprint density at radius 1 is 1.08 bits per heavy atom. The number of hydrogen-bond donors (Lipinski definition) is 2. The number of hydrogen-bond acceptors (Lipinski definition) is 4. The minimum atomic E-state index is -0.991. The summed E-state index contributed by atoms with van der Waals surface area (Å²) in [6, 6.07) is 10.2. The van der Waals surface area contributed by atoms with Crippen LogP contribution in [0.25, 0.3) is 0 Å². The molecule has 0 saturated heterocycles. The molecule has 0 aromatic heterocycles. The lowest BCUT2D eigenvalue weighted by Gasteiger charge is -2.19. The molecule has 0 spiro atoms. The third-order valence-electron chi connectivity index (χ3n) is 3.54. The van der Waals surface area contributed by atoms with Crippen LogP contribution in [-0.2, 0) is 9.53 Å². The Labute approximate surface area is 155 Å². The average Bonchev–Trinajstić information content (AvgIpc) is 2.55. The smallest absolute Gasteiger partial charge is 0.338 e. The number of aromatic hydroxyl groups is 1. The van der Waals surface area contributed by atoms with E-state index in [0.29, 0.717) is 15.6 Å². The molecule has 0 fully saturated rings. The molecule has 25 heavy (non-hydrogen) atoms. The van der Waals surface area contributed by atoms with Gasteiger partial charge in [0.15, 0.2) is 6.10 Å². The third kappa shape index (κ3) is 5.11. The molecule has 2 rings (SSSR count). The predicted molar refractivity (Wildman–Crippen MR) is 96.0 cm³/mol. The van der Waals surface area contributed by atoms with Gasteiger partial charge in [0.05, 0.1) is 11.6 Å². The van der Waals surface area contributed by atoms with Crippen molar-refractivity contribution >= 4 is 35.1 Å². The standard InChI is InChI=1S/C18H17Cl2NO4/c1-10(15-8-5-13(19)9-16(15)20)21-17(23)11(2)25-18(24)12-3-6-14(22)7-4-12/h3-11,22H,1-2H3,(H,21,23)/t10-,11+/m1/s1. The molecular weight excluding hydrogens is 365 g/mol. The molecular formula is C18H17Cl2NO4. The van der Waals surface area contributed by atoms with Crippen LogP contribution in [0.3, 0.4) is 0 Å². The van der Waals surface area contributed by atoms with Gasteiger partial charge in [-0.15, -0.1) is 0 Å². The van der Waals surface area contributed by atoms with E-state index in [1.807, 2.05) is 0 Å². The minimum Gasteiger partial charge on any atom is -0.508 e. The molecule has 1 amide bonds. The van der Waals surface area contributed by atoms with Crippen molar-refractivity contribution in [3.8, 4) is 5.75 Å². The molecule has 132 valence electrons. The van der Waals surface area contributed by atoms with Gasteiger partial charge in [-0.25, -0.2) is 4.79 Å². The third-order valence-corrected chi connectivity index (χ3v) is 4.11. The second-order valence-corrected chi connectivity index (χ2v) is 6.33. The van der Waals surface area contributed by atoms with Crippen molar-refractivity contribution in [2.75, 3.05) is 0 Å². The maximum absolute atomic E-state index is 12.2. The largest absolute Gasteiger partial charge is 0.508 e. The van der Waals surface area contributed by atoms with Crippen molar-refractivity contribution in [3.63, 3.8) is 0 Å². The molecule has 0 aliphatic carbocycles. The van der Waals surface area contributed by atoms with E-state index in [1.54, 1.807) is 25.1 Å². The predicted octanol–water partition coefficient (Wildman–Crippen LogP) is 4.12. The molecule has 0 bridgehead atoms. The maximum atomic E-state index is 12.2. The zero-order valence-electron chi connectivity index (χ0n) is 13.6. The highest BCUT2D eigenvalue weighted by atomic mass is 35.5. The molecule has 0 unspecified atom stereocenters. The van der Waals surface area contributed by atoms with Crippen LogP contribution in [0.4, 0.5) is 0 Å². The van der Waals surface area contributed by atoms with E-state index in [2.05, 4.69) is 5.32 Å². The fourth-order valence-electron chi connectivity index (χ4n) is 2.14. The second-order valence-electron chi connectivity index (χ2n) is 5.49. The van der Waals surface area contributed by atoms with Gasteiger partial charge in [-0.05, 0) is 55.8 Å². The van der Waals surface area contributed by atoms with Crippen LogP contribution in [-0.4, -0.2) is 23.1 Å². The second kappa shape index (κ2) is 8.23. The van der Waals surface area contributed by atoms with Crippen LogP contribution in [0.15, 0.2) is 42.5 Å². The summed E-state index contributed by atoms with van der Waals surface area (Å²) >= 11 is 12.0. The Kier molecular flexibility index (Phi) is 6.28. The van der Waals surface area contributed by atoms with Gasteiger partial charge in [0, 0.05) is 10.0 Å². The van der Waals surface area contributed by atoms with Crippen LogP contribution < -0.4 is 5.32 Å². The number of phenolic OH excluding ortho intramolecular Hbond substituents is 1. The highest BCUT2D eigenvalue weighted by Crippen LogP contribution is 2.26. The first-order valence-corrected chi connectivity index (χ1v) is 8.29. The number of carbonyl (C=O) groups is 2. The highest BCUT2D eigenvalue weighted by molar-refractivity contribution is 6.35. The van der Waals surface area contributed by atoms with Gasteiger partial charge < -0.3 is 15.2 Å². The summed E-state index contributed by atoms with van der Waals surface area (Å²) in [5.74, 6) is -1.07. The van der Waals surface area contributed by atoms with E-state index in [-0.39, 0.29) is 17.4 Å². The number of nitrogens with one attached hydrogen (secondary N) is 1. The summed E-state index contributed by atoms with van der Waals surface area (Å²) in [6.45, 7) is 3.24. The Bertz CT molecular complexity index is 777. The van der Waals surface area contributed by atoms with E-state index >= 15 is 0 Å². The van der Waals surface area contributed by atoms with Crippen molar-refractivity contribution < 1.29 is 19.4 Å². The van der Waals surface area contributed by atoms with Crippen LogP contribution in [0.1, 0.15) is 35.8 Å². The quantitative estimate of drug-likeness (QED) is 0.763. The lowest BCUT2D eigenvalue weighted by Crippen LogP contribution is -2.37. The topological polar surface area (TPSA) is 75.6 Å². The summed E-state index contributed by atoms with van der Waals surface area (Å²) < 4.78 is 5.14. The van der Waals surface area contributed by atoms with Crippen LogP contribution >= 0.6 is 23.2 Å². The van der Waals surface area contributed by atoms with Gasteiger partial charge in [-0.1, -0.05) is 29.3 Å². The SMILES string of the molecule is C[C@H](OC(=O)c1ccc(O)cc1)C(=O)N[C@H](C)c1ccc(Cl)cc1Cl. The Balaban J connectivity index is 1.97. The Hall–Kier alpha value is -2.24. The highest BCUT2D eigenvalue weighted by Gasteiger charge is 2.21. The van der Waals surface area contributed by atoms with Crippen molar-refractivity contribution in [1.29, 1.82) is 0 Å². The van der Waals surface area contributed by atoms with E-state index in [0.717, 1.165) is 0 Å².